The molecular formula is C18H19ClN2O3S. The van der Waals surface area contributed by atoms with Gasteiger partial charge in [-0.25, -0.2) is 4.79 Å². The molecule has 0 saturated carbocycles. The Labute approximate surface area is 157 Å². The van der Waals surface area contributed by atoms with E-state index in [0.29, 0.717) is 22.5 Å². The highest BCUT2D eigenvalue weighted by atomic mass is 35.5. The maximum Gasteiger partial charge on any atom is 0.347 e. The number of halogens is 1. The molecule has 0 radical (unpaired) electrons. The van der Waals surface area contributed by atoms with Crippen LogP contribution in [0, 0.1) is 0 Å². The lowest BCUT2D eigenvalue weighted by Crippen LogP contribution is -2.26. The summed E-state index contributed by atoms with van der Waals surface area (Å²) < 4.78 is 10.4. The quantitative estimate of drug-likeness (QED) is 0.571. The minimum Gasteiger partial charge on any atom is -0.479 e. The molecule has 1 unspecified atom stereocenters. The zero-order valence-electron chi connectivity index (χ0n) is 13.9. The minimum atomic E-state index is -0.661. The fourth-order valence-corrected chi connectivity index (χ4v) is 2.32. The van der Waals surface area contributed by atoms with Crippen LogP contribution in [-0.2, 0) is 9.53 Å². The molecule has 25 heavy (non-hydrogen) atoms. The van der Waals surface area contributed by atoms with Crippen molar-refractivity contribution in [1.82, 2.24) is 0 Å². The first-order chi connectivity index (χ1) is 12.0. The predicted molar refractivity (Wildman–Crippen MR) is 104 cm³/mol. The van der Waals surface area contributed by atoms with Gasteiger partial charge in [0, 0.05) is 16.4 Å². The standard InChI is InChI=1S/C18H19ClN2O3S/c1-3-23-17(22)12(2)24-16-10-8-15(9-11-16)21-18(25)20-14-6-4-13(19)5-7-14/h4-12H,3H2,1-2H3,(H2,20,21,25). The summed E-state index contributed by atoms with van der Waals surface area (Å²) in [6.07, 6.45) is -0.661. The average Bonchev–Trinajstić information content (AvgIpc) is 2.59. The Bertz CT molecular complexity index is 720. The van der Waals surface area contributed by atoms with Gasteiger partial charge in [0.05, 0.1) is 6.61 Å². The number of thiocarbonyl (C=S) groups is 1. The summed E-state index contributed by atoms with van der Waals surface area (Å²) in [6, 6.07) is 14.4. The molecule has 1 atom stereocenters. The highest BCUT2D eigenvalue weighted by Gasteiger charge is 2.15. The van der Waals surface area contributed by atoms with Gasteiger partial charge >= 0.3 is 5.97 Å². The van der Waals surface area contributed by atoms with Crippen molar-refractivity contribution in [3.05, 3.63) is 53.6 Å². The van der Waals surface area contributed by atoms with Gasteiger partial charge < -0.3 is 20.1 Å². The van der Waals surface area contributed by atoms with E-state index in [9.17, 15) is 4.79 Å². The topological polar surface area (TPSA) is 59.6 Å². The Balaban J connectivity index is 1.88. The van der Waals surface area contributed by atoms with Gasteiger partial charge in [-0.2, -0.15) is 0 Å². The van der Waals surface area contributed by atoms with Gasteiger partial charge in [-0.05, 0) is 74.6 Å². The molecule has 0 heterocycles. The van der Waals surface area contributed by atoms with Crippen LogP contribution in [0.5, 0.6) is 5.75 Å². The summed E-state index contributed by atoms with van der Waals surface area (Å²) in [4.78, 5) is 11.6. The zero-order chi connectivity index (χ0) is 18.2. The van der Waals surface area contributed by atoms with Crippen molar-refractivity contribution < 1.29 is 14.3 Å². The minimum absolute atomic E-state index is 0.327. The van der Waals surface area contributed by atoms with E-state index in [1.54, 1.807) is 38.1 Å². The van der Waals surface area contributed by atoms with Gasteiger partial charge in [0.25, 0.3) is 0 Å². The van der Waals surface area contributed by atoms with E-state index in [4.69, 9.17) is 33.3 Å². The fourth-order valence-electron chi connectivity index (χ4n) is 1.96. The van der Waals surface area contributed by atoms with Crippen molar-refractivity contribution in [2.75, 3.05) is 17.2 Å². The maximum absolute atomic E-state index is 11.6. The molecule has 2 rings (SSSR count). The second kappa shape index (κ2) is 9.25. The van der Waals surface area contributed by atoms with Crippen LogP contribution >= 0.6 is 23.8 Å². The normalized spacial score (nSPS) is 11.3. The molecule has 5 nitrogen and oxygen atoms in total. The number of hydrogen-bond acceptors (Lipinski definition) is 4. The molecule has 132 valence electrons. The number of anilines is 2. The Hall–Kier alpha value is -2.31. The van der Waals surface area contributed by atoms with E-state index in [2.05, 4.69) is 10.6 Å². The van der Waals surface area contributed by atoms with E-state index in [-0.39, 0.29) is 0 Å². The SMILES string of the molecule is CCOC(=O)C(C)Oc1ccc(NC(=S)Nc2ccc(Cl)cc2)cc1. The van der Waals surface area contributed by atoms with Crippen LogP contribution in [0.3, 0.4) is 0 Å². The van der Waals surface area contributed by atoms with Crippen LogP contribution in [0.25, 0.3) is 0 Å². The Kier molecular flexibility index (Phi) is 7.03. The lowest BCUT2D eigenvalue weighted by molar-refractivity contribution is -0.150. The van der Waals surface area contributed by atoms with Gasteiger partial charge in [-0.15, -0.1) is 0 Å². The Morgan fingerprint density at radius 2 is 1.60 bits per heavy atom. The van der Waals surface area contributed by atoms with Crippen molar-refractivity contribution in [3.63, 3.8) is 0 Å². The highest BCUT2D eigenvalue weighted by molar-refractivity contribution is 7.80. The monoisotopic (exact) mass is 378 g/mol. The van der Waals surface area contributed by atoms with Gasteiger partial charge in [-0.3, -0.25) is 0 Å². The number of esters is 1. The van der Waals surface area contributed by atoms with E-state index >= 15 is 0 Å². The van der Waals surface area contributed by atoms with Crippen molar-refractivity contribution in [2.45, 2.75) is 20.0 Å². The van der Waals surface area contributed by atoms with Crippen LogP contribution in [-0.4, -0.2) is 23.8 Å². The summed E-state index contributed by atoms with van der Waals surface area (Å²) in [7, 11) is 0. The molecule has 0 aliphatic carbocycles. The molecule has 0 aromatic heterocycles. The van der Waals surface area contributed by atoms with Crippen molar-refractivity contribution >= 4 is 46.3 Å². The molecule has 0 fully saturated rings. The lowest BCUT2D eigenvalue weighted by atomic mass is 10.3. The van der Waals surface area contributed by atoms with Crippen LogP contribution in [0.15, 0.2) is 48.5 Å². The summed E-state index contributed by atoms with van der Waals surface area (Å²) in [6.45, 7) is 3.73. The number of ether oxygens (including phenoxy) is 2. The molecule has 0 bridgehead atoms. The van der Waals surface area contributed by atoms with Crippen LogP contribution < -0.4 is 15.4 Å². The highest BCUT2D eigenvalue weighted by Crippen LogP contribution is 2.18. The summed E-state index contributed by atoms with van der Waals surface area (Å²) in [5.41, 5.74) is 1.63. The molecule has 0 saturated heterocycles. The second-order valence-electron chi connectivity index (χ2n) is 5.12. The maximum atomic E-state index is 11.6. The molecule has 0 aliphatic heterocycles. The number of carbonyl (C=O) groups is 1. The van der Waals surface area contributed by atoms with Gasteiger partial charge in [0.2, 0.25) is 0 Å². The third kappa shape index (κ3) is 6.25. The smallest absolute Gasteiger partial charge is 0.347 e. The van der Waals surface area contributed by atoms with E-state index in [0.717, 1.165) is 11.4 Å². The molecule has 0 amide bonds. The van der Waals surface area contributed by atoms with Gasteiger partial charge in [0.1, 0.15) is 5.75 Å². The van der Waals surface area contributed by atoms with Crippen molar-refractivity contribution in [2.24, 2.45) is 0 Å². The molecule has 2 N–H and O–H groups in total. The molecule has 0 spiro atoms. The first-order valence-corrected chi connectivity index (χ1v) is 8.53. The molecule has 0 aliphatic rings. The lowest BCUT2D eigenvalue weighted by Gasteiger charge is -2.14. The summed E-state index contributed by atoms with van der Waals surface area (Å²) in [5.74, 6) is 0.181. The average molecular weight is 379 g/mol. The van der Waals surface area contributed by atoms with Crippen LogP contribution in [0.4, 0.5) is 11.4 Å². The second-order valence-corrected chi connectivity index (χ2v) is 5.97. The van der Waals surface area contributed by atoms with Crippen molar-refractivity contribution in [1.29, 1.82) is 0 Å². The fraction of sp³-hybridized carbons (Fsp3) is 0.222. The Morgan fingerprint density at radius 3 is 2.12 bits per heavy atom. The van der Waals surface area contributed by atoms with Crippen LogP contribution in [0.1, 0.15) is 13.8 Å². The van der Waals surface area contributed by atoms with Crippen LogP contribution in [0.2, 0.25) is 5.02 Å². The zero-order valence-corrected chi connectivity index (χ0v) is 15.5. The van der Waals surface area contributed by atoms with E-state index < -0.39 is 12.1 Å². The molecule has 2 aromatic rings. The number of hydrogen-bond donors (Lipinski definition) is 2. The first-order valence-electron chi connectivity index (χ1n) is 7.75. The van der Waals surface area contributed by atoms with Gasteiger partial charge in [0.15, 0.2) is 11.2 Å². The predicted octanol–water partition coefficient (Wildman–Crippen LogP) is 4.48. The first kappa shape index (κ1) is 19.0. The third-order valence-corrected chi connectivity index (χ3v) is 3.60. The largest absolute Gasteiger partial charge is 0.479 e. The molecule has 2 aromatic carbocycles. The number of benzene rings is 2. The number of rotatable bonds is 6. The molecule has 7 heteroatoms. The summed E-state index contributed by atoms with van der Waals surface area (Å²) >= 11 is 11.1. The molecular weight excluding hydrogens is 360 g/mol. The summed E-state index contributed by atoms with van der Waals surface area (Å²) in [5, 5.41) is 7.25. The Morgan fingerprint density at radius 1 is 1.08 bits per heavy atom. The van der Waals surface area contributed by atoms with E-state index in [1.165, 1.54) is 0 Å². The van der Waals surface area contributed by atoms with Crippen molar-refractivity contribution in [3.8, 4) is 5.75 Å². The van der Waals surface area contributed by atoms with Gasteiger partial charge in [-0.1, -0.05) is 11.6 Å². The van der Waals surface area contributed by atoms with E-state index in [1.807, 2.05) is 24.3 Å². The number of carbonyl (C=O) groups excluding carboxylic acids is 1. The third-order valence-electron chi connectivity index (χ3n) is 3.15. The number of nitrogens with one attached hydrogen (secondary N) is 2.